The largest absolute Gasteiger partial charge is 0.282 e. The number of pyridine rings is 2. The van der Waals surface area contributed by atoms with Crippen molar-refractivity contribution in [3.8, 4) is 0 Å². The summed E-state index contributed by atoms with van der Waals surface area (Å²) in [6, 6.07) is 3.93. The Morgan fingerprint density at radius 1 is 0.719 bits per heavy atom. The highest BCUT2D eigenvalue weighted by Crippen LogP contribution is 2.21. The molecular weight excluding hydrogens is 444 g/mol. The third-order valence-electron chi connectivity index (χ3n) is 6.02. The van der Waals surface area contributed by atoms with Gasteiger partial charge in [-0.3, -0.25) is 19.4 Å². The molecule has 4 aromatic rings. The van der Waals surface area contributed by atoms with Gasteiger partial charge in [-0.05, 0) is 74.0 Å². The zero-order valence-electron chi connectivity index (χ0n) is 18.7. The molecule has 0 amide bonds. The summed E-state index contributed by atoms with van der Waals surface area (Å²) in [6.07, 6.45) is 0. The summed E-state index contributed by atoms with van der Waals surface area (Å²) in [7, 11) is 0. The van der Waals surface area contributed by atoms with E-state index in [9.17, 15) is 9.59 Å². The van der Waals surface area contributed by atoms with Gasteiger partial charge < -0.3 is 0 Å². The Kier molecular flexibility index (Phi) is 5.48. The van der Waals surface area contributed by atoms with Gasteiger partial charge in [0, 0.05) is 37.6 Å². The molecule has 1 saturated heterocycles. The van der Waals surface area contributed by atoms with E-state index in [0.717, 1.165) is 69.1 Å². The van der Waals surface area contributed by atoms with Crippen LogP contribution in [0, 0.1) is 27.7 Å². The SMILES string of the molecule is Cc1cc(C)c2c(=O)n(CN3CCN(Cn4sc5nc(C)cc(C)c5c4=O)CC3)sc2n1. The summed E-state index contributed by atoms with van der Waals surface area (Å²) in [5.74, 6) is 0. The first-order valence-corrected chi connectivity index (χ1v) is 12.3. The monoisotopic (exact) mass is 470 g/mol. The second-order valence-electron chi connectivity index (χ2n) is 8.59. The van der Waals surface area contributed by atoms with Crippen molar-refractivity contribution in [2.45, 2.75) is 41.0 Å². The lowest BCUT2D eigenvalue weighted by Crippen LogP contribution is -2.48. The number of hydrogen-bond donors (Lipinski definition) is 0. The van der Waals surface area contributed by atoms with Crippen LogP contribution in [-0.2, 0) is 13.3 Å². The Hall–Kier alpha value is -2.40. The summed E-state index contributed by atoms with van der Waals surface area (Å²) in [5.41, 5.74) is 3.96. The Balaban J connectivity index is 1.27. The normalized spacial score (nSPS) is 15.9. The molecule has 10 heteroatoms. The van der Waals surface area contributed by atoms with Crippen LogP contribution in [0.25, 0.3) is 20.4 Å². The first-order chi connectivity index (χ1) is 15.3. The first kappa shape index (κ1) is 21.4. The first-order valence-electron chi connectivity index (χ1n) is 10.7. The molecule has 5 heterocycles. The van der Waals surface area contributed by atoms with Crippen LogP contribution in [0.15, 0.2) is 21.7 Å². The zero-order valence-corrected chi connectivity index (χ0v) is 20.3. The Labute approximate surface area is 193 Å². The van der Waals surface area contributed by atoms with Gasteiger partial charge in [0.05, 0.1) is 24.1 Å². The summed E-state index contributed by atoms with van der Waals surface area (Å²) in [5, 5.41) is 1.48. The minimum Gasteiger partial charge on any atom is -0.282 e. The molecule has 32 heavy (non-hydrogen) atoms. The van der Waals surface area contributed by atoms with E-state index in [4.69, 9.17) is 0 Å². The molecule has 0 saturated carbocycles. The summed E-state index contributed by atoms with van der Waals surface area (Å²) in [4.78, 5) is 41.0. The van der Waals surface area contributed by atoms with Crippen LogP contribution in [0.1, 0.15) is 22.5 Å². The average Bonchev–Trinajstić information content (AvgIpc) is 3.20. The molecule has 4 aromatic heterocycles. The van der Waals surface area contributed by atoms with Crippen LogP contribution in [0.2, 0.25) is 0 Å². The molecule has 1 aliphatic heterocycles. The van der Waals surface area contributed by atoms with E-state index in [2.05, 4.69) is 19.8 Å². The van der Waals surface area contributed by atoms with Gasteiger partial charge in [0.25, 0.3) is 11.1 Å². The number of piperazine rings is 1. The molecule has 0 unspecified atom stereocenters. The lowest BCUT2D eigenvalue weighted by Gasteiger charge is -2.34. The van der Waals surface area contributed by atoms with E-state index in [-0.39, 0.29) is 11.1 Å². The minimum absolute atomic E-state index is 0.0485. The number of aryl methyl sites for hydroxylation is 4. The second kappa shape index (κ2) is 8.18. The predicted octanol–water partition coefficient (Wildman–Crippen LogP) is 2.70. The number of hydrogen-bond acceptors (Lipinski definition) is 8. The maximum atomic E-state index is 12.9. The molecule has 0 radical (unpaired) electrons. The van der Waals surface area contributed by atoms with Gasteiger partial charge in [-0.1, -0.05) is 0 Å². The molecule has 5 rings (SSSR count). The molecule has 168 valence electrons. The van der Waals surface area contributed by atoms with Crippen LogP contribution in [-0.4, -0.2) is 53.9 Å². The molecule has 0 N–H and O–H groups in total. The third kappa shape index (κ3) is 3.81. The minimum atomic E-state index is 0.0485. The summed E-state index contributed by atoms with van der Waals surface area (Å²) >= 11 is 2.89. The van der Waals surface area contributed by atoms with E-state index in [1.165, 1.54) is 23.1 Å². The molecule has 1 fully saturated rings. The molecule has 1 aliphatic rings. The highest BCUT2D eigenvalue weighted by atomic mass is 32.1. The number of rotatable bonds is 4. The fraction of sp³-hybridized carbons (Fsp3) is 0.455. The van der Waals surface area contributed by atoms with Crippen molar-refractivity contribution in [3.63, 3.8) is 0 Å². The lowest BCUT2D eigenvalue weighted by molar-refractivity contribution is 0.0913. The van der Waals surface area contributed by atoms with Gasteiger partial charge in [-0.15, -0.1) is 0 Å². The fourth-order valence-corrected chi connectivity index (χ4v) is 6.68. The quantitative estimate of drug-likeness (QED) is 0.457. The van der Waals surface area contributed by atoms with Crippen molar-refractivity contribution in [1.29, 1.82) is 0 Å². The topological polar surface area (TPSA) is 76.3 Å². The fourth-order valence-electron chi connectivity index (χ4n) is 4.42. The van der Waals surface area contributed by atoms with E-state index in [1.54, 1.807) is 0 Å². The molecule has 8 nitrogen and oxygen atoms in total. The molecule has 0 bridgehead atoms. The van der Waals surface area contributed by atoms with Gasteiger partial charge in [-0.2, -0.15) is 0 Å². The van der Waals surface area contributed by atoms with Gasteiger partial charge in [-0.25, -0.2) is 17.9 Å². The second-order valence-corrected chi connectivity index (χ2v) is 10.6. The zero-order chi connectivity index (χ0) is 22.6. The standard InChI is InChI=1S/C22H26N6O2S2/c1-13-9-15(3)23-19-17(13)21(29)27(31-19)11-25-5-7-26(8-6-25)12-28-22(30)18-14(2)10-16(4)24-20(18)32-28/h9-10H,5-8,11-12H2,1-4H3. The van der Waals surface area contributed by atoms with Gasteiger partial charge in [0.1, 0.15) is 9.66 Å². The maximum Gasteiger partial charge on any atom is 0.271 e. The average molecular weight is 471 g/mol. The number of nitrogens with zero attached hydrogens (tertiary/aromatic N) is 6. The van der Waals surface area contributed by atoms with Crippen LogP contribution in [0.5, 0.6) is 0 Å². The van der Waals surface area contributed by atoms with Crippen LogP contribution >= 0.6 is 23.1 Å². The number of aromatic nitrogens is 4. The van der Waals surface area contributed by atoms with Crippen molar-refractivity contribution in [2.24, 2.45) is 0 Å². The molecule has 0 spiro atoms. The Morgan fingerprint density at radius 3 is 1.47 bits per heavy atom. The van der Waals surface area contributed by atoms with E-state index < -0.39 is 0 Å². The molecule has 0 aliphatic carbocycles. The van der Waals surface area contributed by atoms with Crippen molar-refractivity contribution in [3.05, 3.63) is 55.4 Å². The molecular formula is C22H26N6O2S2. The van der Waals surface area contributed by atoms with Crippen molar-refractivity contribution >= 4 is 43.5 Å². The van der Waals surface area contributed by atoms with Gasteiger partial charge in [0.2, 0.25) is 0 Å². The highest BCUT2D eigenvalue weighted by Gasteiger charge is 2.21. The van der Waals surface area contributed by atoms with Crippen molar-refractivity contribution < 1.29 is 0 Å². The van der Waals surface area contributed by atoms with E-state index >= 15 is 0 Å². The maximum absolute atomic E-state index is 12.9. The molecule has 0 aromatic carbocycles. The van der Waals surface area contributed by atoms with Gasteiger partial charge >= 0.3 is 0 Å². The van der Waals surface area contributed by atoms with Crippen LogP contribution in [0.4, 0.5) is 0 Å². The Morgan fingerprint density at radius 2 is 1.09 bits per heavy atom. The van der Waals surface area contributed by atoms with E-state index in [1.807, 2.05) is 47.7 Å². The van der Waals surface area contributed by atoms with Crippen LogP contribution < -0.4 is 11.1 Å². The Bertz CT molecular complexity index is 1330. The van der Waals surface area contributed by atoms with Crippen molar-refractivity contribution in [1.82, 2.24) is 27.7 Å². The lowest BCUT2D eigenvalue weighted by atomic mass is 10.2. The van der Waals surface area contributed by atoms with Crippen molar-refractivity contribution in [2.75, 3.05) is 26.2 Å². The predicted molar refractivity (Wildman–Crippen MR) is 130 cm³/mol. The van der Waals surface area contributed by atoms with Crippen LogP contribution in [0.3, 0.4) is 0 Å². The highest BCUT2D eigenvalue weighted by molar-refractivity contribution is 7.13. The summed E-state index contributed by atoms with van der Waals surface area (Å²) in [6.45, 7) is 12.4. The third-order valence-corrected chi connectivity index (χ3v) is 7.96. The molecule has 0 atom stereocenters. The smallest absolute Gasteiger partial charge is 0.271 e. The van der Waals surface area contributed by atoms with Gasteiger partial charge in [0.15, 0.2) is 0 Å². The van der Waals surface area contributed by atoms with E-state index in [0.29, 0.717) is 13.3 Å². The number of fused-ring (bicyclic) bond motifs is 2. The summed E-state index contributed by atoms with van der Waals surface area (Å²) < 4.78 is 3.63.